The van der Waals surface area contributed by atoms with E-state index in [1.807, 2.05) is 11.6 Å². The van der Waals surface area contributed by atoms with E-state index in [2.05, 4.69) is 24.0 Å². The third kappa shape index (κ3) is 1.48. The van der Waals surface area contributed by atoms with Gasteiger partial charge in [-0.3, -0.25) is 0 Å². The van der Waals surface area contributed by atoms with E-state index < -0.39 is 0 Å². The number of aromatic nitrogens is 3. The van der Waals surface area contributed by atoms with Crippen molar-refractivity contribution in [1.29, 1.82) is 0 Å². The maximum atomic E-state index is 5.48. The SMILES string of the molecule is CCC(C)c1nnc(CN)n1C. The number of nitrogens with zero attached hydrogens (tertiary/aromatic N) is 3. The fourth-order valence-electron chi connectivity index (χ4n) is 1.16. The van der Waals surface area contributed by atoms with Gasteiger partial charge in [0.2, 0.25) is 0 Å². The van der Waals surface area contributed by atoms with Crippen molar-refractivity contribution in [3.8, 4) is 0 Å². The fraction of sp³-hybridized carbons (Fsp3) is 0.750. The van der Waals surface area contributed by atoms with Gasteiger partial charge in [-0.25, -0.2) is 0 Å². The lowest BCUT2D eigenvalue weighted by molar-refractivity contribution is 0.631. The van der Waals surface area contributed by atoms with Crippen molar-refractivity contribution in [1.82, 2.24) is 14.8 Å². The van der Waals surface area contributed by atoms with Crippen molar-refractivity contribution in [2.75, 3.05) is 0 Å². The summed E-state index contributed by atoms with van der Waals surface area (Å²) >= 11 is 0. The number of nitrogens with two attached hydrogens (primary N) is 1. The molecule has 1 aromatic heterocycles. The first-order valence-electron chi connectivity index (χ1n) is 4.28. The third-order valence-corrected chi connectivity index (χ3v) is 2.23. The topological polar surface area (TPSA) is 56.7 Å². The summed E-state index contributed by atoms with van der Waals surface area (Å²) < 4.78 is 1.98. The molecule has 0 saturated carbocycles. The molecule has 0 aliphatic rings. The molecule has 0 aliphatic carbocycles. The van der Waals surface area contributed by atoms with Crippen LogP contribution in [0.3, 0.4) is 0 Å². The molecule has 68 valence electrons. The van der Waals surface area contributed by atoms with Crippen molar-refractivity contribution < 1.29 is 0 Å². The highest BCUT2D eigenvalue weighted by molar-refractivity contribution is 4.99. The average molecular weight is 168 g/mol. The van der Waals surface area contributed by atoms with Crippen molar-refractivity contribution in [2.45, 2.75) is 32.7 Å². The number of hydrogen-bond acceptors (Lipinski definition) is 3. The van der Waals surface area contributed by atoms with Gasteiger partial charge in [-0.15, -0.1) is 10.2 Å². The maximum absolute atomic E-state index is 5.48. The summed E-state index contributed by atoms with van der Waals surface area (Å²) in [5.74, 6) is 2.34. The van der Waals surface area contributed by atoms with Crippen LogP contribution in [0, 0.1) is 0 Å². The lowest BCUT2D eigenvalue weighted by atomic mass is 10.1. The summed E-state index contributed by atoms with van der Waals surface area (Å²) in [6.07, 6.45) is 1.08. The van der Waals surface area contributed by atoms with Crippen LogP contribution in [0.1, 0.15) is 37.8 Å². The van der Waals surface area contributed by atoms with Crippen LogP contribution in [0.2, 0.25) is 0 Å². The summed E-state index contributed by atoms with van der Waals surface area (Å²) in [6, 6.07) is 0. The summed E-state index contributed by atoms with van der Waals surface area (Å²) in [5.41, 5.74) is 5.48. The summed E-state index contributed by atoms with van der Waals surface area (Å²) in [4.78, 5) is 0. The third-order valence-electron chi connectivity index (χ3n) is 2.23. The van der Waals surface area contributed by atoms with Gasteiger partial charge < -0.3 is 10.3 Å². The average Bonchev–Trinajstić information content (AvgIpc) is 2.45. The van der Waals surface area contributed by atoms with Gasteiger partial charge in [0, 0.05) is 13.0 Å². The van der Waals surface area contributed by atoms with Crippen LogP contribution in [0.25, 0.3) is 0 Å². The zero-order valence-electron chi connectivity index (χ0n) is 7.91. The van der Waals surface area contributed by atoms with Gasteiger partial charge in [0.05, 0.1) is 6.54 Å². The molecule has 1 aromatic rings. The molecule has 0 saturated heterocycles. The van der Waals surface area contributed by atoms with Crippen LogP contribution in [-0.2, 0) is 13.6 Å². The van der Waals surface area contributed by atoms with E-state index in [1.54, 1.807) is 0 Å². The highest BCUT2D eigenvalue weighted by atomic mass is 15.3. The lowest BCUT2D eigenvalue weighted by Gasteiger charge is -2.07. The molecule has 2 N–H and O–H groups in total. The van der Waals surface area contributed by atoms with Crippen molar-refractivity contribution >= 4 is 0 Å². The Kier molecular flexibility index (Phi) is 2.81. The van der Waals surface area contributed by atoms with E-state index in [9.17, 15) is 0 Å². The summed E-state index contributed by atoms with van der Waals surface area (Å²) in [6.45, 7) is 4.74. The zero-order chi connectivity index (χ0) is 9.14. The minimum absolute atomic E-state index is 0.458. The Morgan fingerprint density at radius 1 is 1.50 bits per heavy atom. The van der Waals surface area contributed by atoms with Crippen molar-refractivity contribution in [3.63, 3.8) is 0 Å². The van der Waals surface area contributed by atoms with Gasteiger partial charge in [-0.1, -0.05) is 13.8 Å². The first-order chi connectivity index (χ1) is 5.70. The molecule has 12 heavy (non-hydrogen) atoms. The Labute approximate surface area is 72.8 Å². The molecular formula is C8H16N4. The molecule has 0 amide bonds. The van der Waals surface area contributed by atoms with Crippen LogP contribution >= 0.6 is 0 Å². The Balaban J connectivity index is 2.93. The van der Waals surface area contributed by atoms with E-state index in [0.29, 0.717) is 12.5 Å². The van der Waals surface area contributed by atoms with Gasteiger partial charge in [-0.2, -0.15) is 0 Å². The predicted molar refractivity (Wildman–Crippen MR) is 47.6 cm³/mol. The highest BCUT2D eigenvalue weighted by Gasteiger charge is 2.11. The second-order valence-corrected chi connectivity index (χ2v) is 3.05. The minimum Gasteiger partial charge on any atom is -0.324 e. The second kappa shape index (κ2) is 3.67. The minimum atomic E-state index is 0.458. The Morgan fingerprint density at radius 3 is 2.58 bits per heavy atom. The normalized spacial score (nSPS) is 13.3. The number of hydrogen-bond donors (Lipinski definition) is 1. The smallest absolute Gasteiger partial charge is 0.146 e. The first-order valence-corrected chi connectivity index (χ1v) is 4.28. The summed E-state index contributed by atoms with van der Waals surface area (Å²) in [7, 11) is 1.96. The van der Waals surface area contributed by atoms with Crippen LogP contribution in [0.15, 0.2) is 0 Å². The standard InChI is InChI=1S/C8H16N4/c1-4-6(2)8-11-10-7(5-9)12(8)3/h6H,4-5,9H2,1-3H3. The molecule has 1 heterocycles. The molecule has 1 unspecified atom stereocenters. The van der Waals surface area contributed by atoms with Crippen LogP contribution < -0.4 is 5.73 Å². The van der Waals surface area contributed by atoms with Gasteiger partial charge in [0.1, 0.15) is 11.6 Å². The zero-order valence-corrected chi connectivity index (χ0v) is 7.91. The van der Waals surface area contributed by atoms with E-state index in [4.69, 9.17) is 5.73 Å². The van der Waals surface area contributed by atoms with Gasteiger partial charge in [0.25, 0.3) is 0 Å². The largest absolute Gasteiger partial charge is 0.324 e. The molecular weight excluding hydrogens is 152 g/mol. The molecule has 0 spiro atoms. The molecule has 0 radical (unpaired) electrons. The summed E-state index contributed by atoms with van der Waals surface area (Å²) in [5, 5.41) is 8.08. The van der Waals surface area contributed by atoms with Crippen LogP contribution in [0.5, 0.6) is 0 Å². The molecule has 4 heteroatoms. The molecule has 0 aliphatic heterocycles. The van der Waals surface area contributed by atoms with Gasteiger partial charge in [0.15, 0.2) is 0 Å². The van der Waals surface area contributed by atoms with E-state index in [0.717, 1.165) is 18.1 Å². The number of rotatable bonds is 3. The predicted octanol–water partition coefficient (Wildman–Crippen LogP) is 0.787. The Hall–Kier alpha value is -0.900. The van der Waals surface area contributed by atoms with Crippen LogP contribution in [0.4, 0.5) is 0 Å². The van der Waals surface area contributed by atoms with Gasteiger partial charge >= 0.3 is 0 Å². The molecule has 1 atom stereocenters. The Morgan fingerprint density at radius 2 is 2.17 bits per heavy atom. The highest BCUT2D eigenvalue weighted by Crippen LogP contribution is 2.15. The first kappa shape index (κ1) is 9.19. The quantitative estimate of drug-likeness (QED) is 0.725. The van der Waals surface area contributed by atoms with E-state index >= 15 is 0 Å². The fourth-order valence-corrected chi connectivity index (χ4v) is 1.16. The van der Waals surface area contributed by atoms with Crippen LogP contribution in [-0.4, -0.2) is 14.8 Å². The second-order valence-electron chi connectivity index (χ2n) is 3.05. The van der Waals surface area contributed by atoms with E-state index in [1.165, 1.54) is 0 Å². The van der Waals surface area contributed by atoms with Gasteiger partial charge in [-0.05, 0) is 6.42 Å². The van der Waals surface area contributed by atoms with E-state index in [-0.39, 0.29) is 0 Å². The Bertz CT molecular complexity index is 254. The molecule has 1 rings (SSSR count). The molecule has 0 bridgehead atoms. The maximum Gasteiger partial charge on any atom is 0.146 e. The molecule has 4 nitrogen and oxygen atoms in total. The molecule has 0 aromatic carbocycles. The van der Waals surface area contributed by atoms with Crippen molar-refractivity contribution in [2.24, 2.45) is 12.8 Å². The molecule has 0 fully saturated rings. The lowest BCUT2D eigenvalue weighted by Crippen LogP contribution is -2.08. The monoisotopic (exact) mass is 168 g/mol. The van der Waals surface area contributed by atoms with Crippen molar-refractivity contribution in [3.05, 3.63) is 11.6 Å².